The number of carbonyl (C=O) groups excluding carboxylic acids is 1. The molecule has 1 N–H and O–H groups in total. The second kappa shape index (κ2) is 8.81. The van der Waals surface area contributed by atoms with Crippen LogP contribution in [0.3, 0.4) is 0 Å². The molecule has 0 unspecified atom stereocenters. The first-order valence-corrected chi connectivity index (χ1v) is 10.4. The van der Waals surface area contributed by atoms with Crippen molar-refractivity contribution in [1.29, 1.82) is 0 Å². The zero-order valence-corrected chi connectivity index (χ0v) is 17.0. The van der Waals surface area contributed by atoms with Crippen molar-refractivity contribution in [3.8, 4) is 0 Å². The Morgan fingerprint density at radius 3 is 2.47 bits per heavy atom. The maximum absolute atomic E-state index is 13.6. The van der Waals surface area contributed by atoms with Crippen LogP contribution < -0.4 is 5.32 Å². The van der Waals surface area contributed by atoms with Crippen LogP contribution in [0.2, 0.25) is 0 Å². The molecule has 0 radical (unpaired) electrons. The first kappa shape index (κ1) is 20.3. The Labute approximate surface area is 174 Å². The minimum Gasteiger partial charge on any atom is -0.337 e. The third kappa shape index (κ3) is 4.15. The van der Waals surface area contributed by atoms with Crippen LogP contribution in [0.25, 0.3) is 11.0 Å². The molecule has 158 valence electrons. The molecule has 0 aliphatic carbocycles. The number of imidazole rings is 1. The number of halogens is 2. The maximum atomic E-state index is 13.6. The van der Waals surface area contributed by atoms with Gasteiger partial charge in [0.25, 0.3) is 0 Å². The van der Waals surface area contributed by atoms with Crippen LogP contribution in [-0.4, -0.2) is 40.1 Å². The Kier molecular flexibility index (Phi) is 5.97. The van der Waals surface area contributed by atoms with E-state index in [1.807, 2.05) is 30.0 Å². The van der Waals surface area contributed by atoms with Crippen molar-refractivity contribution in [3.63, 3.8) is 0 Å². The number of carbonyl (C=O) groups is 1. The molecule has 0 spiro atoms. The molecule has 30 heavy (non-hydrogen) atoms. The quantitative estimate of drug-likeness (QED) is 0.632. The summed E-state index contributed by atoms with van der Waals surface area (Å²) >= 11 is 0. The van der Waals surface area contributed by atoms with E-state index in [9.17, 15) is 13.6 Å². The molecule has 0 bridgehead atoms. The third-order valence-electron chi connectivity index (χ3n) is 5.87. The molecule has 1 atom stereocenters. The number of nitrogens with one attached hydrogen (secondary N) is 1. The van der Waals surface area contributed by atoms with E-state index in [0.29, 0.717) is 30.0 Å². The molecular formula is C23H26F2N4O. The zero-order chi connectivity index (χ0) is 21.1. The first-order chi connectivity index (χ1) is 14.5. The lowest BCUT2D eigenvalue weighted by Crippen LogP contribution is -2.45. The van der Waals surface area contributed by atoms with E-state index in [0.717, 1.165) is 17.4 Å². The lowest BCUT2D eigenvalue weighted by atomic mass is 9.90. The number of hydrogen-bond acceptors (Lipinski definition) is 2. The van der Waals surface area contributed by atoms with E-state index >= 15 is 0 Å². The predicted molar refractivity (Wildman–Crippen MR) is 113 cm³/mol. The Hall–Kier alpha value is -2.96. The van der Waals surface area contributed by atoms with E-state index in [4.69, 9.17) is 0 Å². The van der Waals surface area contributed by atoms with E-state index in [-0.39, 0.29) is 24.3 Å². The molecule has 7 heteroatoms. The topological polar surface area (TPSA) is 50.2 Å². The SMILES string of the molecule is C[C@H](CNC(=O)N1CCC(c2ccccc2)CC1)c1nc2ccccc2n1C(F)F. The van der Waals surface area contributed by atoms with Gasteiger partial charge in [-0.3, -0.25) is 4.57 Å². The number of nitrogens with zero attached hydrogens (tertiary/aromatic N) is 3. The summed E-state index contributed by atoms with van der Waals surface area (Å²) < 4.78 is 28.2. The lowest BCUT2D eigenvalue weighted by molar-refractivity contribution is 0.0704. The van der Waals surface area contributed by atoms with Gasteiger partial charge in [-0.15, -0.1) is 0 Å². The maximum Gasteiger partial charge on any atom is 0.320 e. The van der Waals surface area contributed by atoms with Crippen LogP contribution in [0.15, 0.2) is 54.6 Å². The van der Waals surface area contributed by atoms with Crippen LogP contribution in [0.5, 0.6) is 0 Å². The summed E-state index contributed by atoms with van der Waals surface area (Å²) in [6.07, 6.45) is 1.85. The number of likely N-dealkylation sites (tertiary alicyclic amines) is 1. The highest BCUT2D eigenvalue weighted by Crippen LogP contribution is 2.29. The van der Waals surface area contributed by atoms with E-state index in [1.165, 1.54) is 5.56 Å². The van der Waals surface area contributed by atoms with E-state index < -0.39 is 6.55 Å². The molecule has 1 aliphatic heterocycles. The van der Waals surface area contributed by atoms with Crippen LogP contribution in [0.1, 0.15) is 49.5 Å². The molecule has 2 amide bonds. The Bertz CT molecular complexity index is 997. The highest BCUT2D eigenvalue weighted by molar-refractivity contribution is 5.76. The van der Waals surface area contributed by atoms with Crippen molar-refractivity contribution in [2.45, 2.75) is 38.2 Å². The van der Waals surface area contributed by atoms with Gasteiger partial charge < -0.3 is 10.2 Å². The molecule has 5 nitrogen and oxygen atoms in total. The number of benzene rings is 2. The van der Waals surface area contributed by atoms with Crippen molar-refractivity contribution < 1.29 is 13.6 Å². The van der Waals surface area contributed by atoms with Crippen molar-refractivity contribution in [1.82, 2.24) is 19.8 Å². The standard InChI is InChI=1S/C23H26F2N4O/c1-16(21-27-19-9-5-6-10-20(19)29(21)22(24)25)15-26-23(30)28-13-11-18(12-14-28)17-7-3-2-4-8-17/h2-10,16,18,22H,11-15H2,1H3,(H,26,30)/t16-/m1/s1. The van der Waals surface area contributed by atoms with Gasteiger partial charge in [0.1, 0.15) is 5.82 Å². The van der Waals surface area contributed by atoms with Gasteiger partial charge in [0, 0.05) is 25.6 Å². The summed E-state index contributed by atoms with van der Waals surface area (Å²) in [6, 6.07) is 17.1. The summed E-state index contributed by atoms with van der Waals surface area (Å²) in [5.74, 6) is 0.423. The normalized spacial score (nSPS) is 16.2. The fraction of sp³-hybridized carbons (Fsp3) is 0.391. The molecule has 2 aromatic carbocycles. The lowest BCUT2D eigenvalue weighted by Gasteiger charge is -2.32. The first-order valence-electron chi connectivity index (χ1n) is 10.4. The number of amides is 2. The van der Waals surface area contributed by atoms with Gasteiger partial charge in [0.05, 0.1) is 11.0 Å². The Morgan fingerprint density at radius 1 is 1.10 bits per heavy atom. The summed E-state index contributed by atoms with van der Waals surface area (Å²) in [7, 11) is 0. The monoisotopic (exact) mass is 412 g/mol. The number of para-hydroxylation sites is 2. The van der Waals surface area contributed by atoms with Crippen LogP contribution in [0, 0.1) is 0 Å². The number of urea groups is 1. The second-order valence-electron chi connectivity index (χ2n) is 7.87. The van der Waals surface area contributed by atoms with Crippen molar-refractivity contribution in [2.75, 3.05) is 19.6 Å². The van der Waals surface area contributed by atoms with Gasteiger partial charge in [0.2, 0.25) is 0 Å². The van der Waals surface area contributed by atoms with Gasteiger partial charge in [-0.05, 0) is 36.5 Å². The largest absolute Gasteiger partial charge is 0.337 e. The van der Waals surface area contributed by atoms with Crippen LogP contribution >= 0.6 is 0 Å². The summed E-state index contributed by atoms with van der Waals surface area (Å²) in [4.78, 5) is 18.8. The fourth-order valence-corrected chi connectivity index (χ4v) is 4.20. The van der Waals surface area contributed by atoms with Gasteiger partial charge in [-0.25, -0.2) is 9.78 Å². The highest BCUT2D eigenvalue weighted by atomic mass is 19.3. The number of hydrogen-bond donors (Lipinski definition) is 1. The van der Waals surface area contributed by atoms with Gasteiger partial charge in [0.15, 0.2) is 0 Å². The molecule has 1 fully saturated rings. The fourth-order valence-electron chi connectivity index (χ4n) is 4.20. The Balaban J connectivity index is 1.35. The van der Waals surface area contributed by atoms with Gasteiger partial charge in [-0.2, -0.15) is 8.78 Å². The molecule has 2 heterocycles. The van der Waals surface area contributed by atoms with Crippen LogP contribution in [-0.2, 0) is 0 Å². The summed E-state index contributed by atoms with van der Waals surface area (Å²) in [5, 5.41) is 2.90. The molecule has 1 saturated heterocycles. The average Bonchev–Trinajstić information content (AvgIpc) is 3.18. The Morgan fingerprint density at radius 2 is 1.77 bits per heavy atom. The summed E-state index contributed by atoms with van der Waals surface area (Å²) in [6.45, 7) is 0.766. The molecular weight excluding hydrogens is 386 g/mol. The highest BCUT2D eigenvalue weighted by Gasteiger charge is 2.25. The predicted octanol–water partition coefficient (Wildman–Crippen LogP) is 5.12. The number of alkyl halides is 2. The molecule has 1 aliphatic rings. The third-order valence-corrected chi connectivity index (χ3v) is 5.87. The van der Waals surface area contributed by atoms with Crippen molar-refractivity contribution in [3.05, 3.63) is 66.0 Å². The summed E-state index contributed by atoms with van der Waals surface area (Å²) in [5.41, 5.74) is 2.26. The minimum atomic E-state index is -2.68. The molecule has 4 rings (SSSR count). The minimum absolute atomic E-state index is 0.145. The van der Waals surface area contributed by atoms with Crippen molar-refractivity contribution >= 4 is 17.1 Å². The van der Waals surface area contributed by atoms with E-state index in [1.54, 1.807) is 24.3 Å². The molecule has 3 aromatic rings. The number of fused-ring (bicyclic) bond motifs is 1. The molecule has 1 aromatic heterocycles. The van der Waals surface area contributed by atoms with Crippen molar-refractivity contribution in [2.24, 2.45) is 0 Å². The van der Waals surface area contributed by atoms with Gasteiger partial charge in [-0.1, -0.05) is 49.4 Å². The smallest absolute Gasteiger partial charge is 0.320 e. The number of aromatic nitrogens is 2. The second-order valence-corrected chi connectivity index (χ2v) is 7.87. The molecule has 0 saturated carbocycles. The van der Waals surface area contributed by atoms with Crippen LogP contribution in [0.4, 0.5) is 13.6 Å². The average molecular weight is 412 g/mol. The number of piperidine rings is 1. The van der Waals surface area contributed by atoms with E-state index in [2.05, 4.69) is 22.4 Å². The van der Waals surface area contributed by atoms with Gasteiger partial charge >= 0.3 is 12.6 Å². The number of rotatable bonds is 5. The zero-order valence-electron chi connectivity index (χ0n) is 17.0.